The van der Waals surface area contributed by atoms with Gasteiger partial charge in [-0.3, -0.25) is 0 Å². The van der Waals surface area contributed by atoms with Crippen LogP contribution in [0, 0.1) is 5.92 Å². The molecule has 0 aliphatic carbocycles. The summed E-state index contributed by atoms with van der Waals surface area (Å²) in [6.07, 6.45) is 3.91. The summed E-state index contributed by atoms with van der Waals surface area (Å²) >= 11 is 1.92. The van der Waals surface area contributed by atoms with Gasteiger partial charge in [-0.2, -0.15) is 11.8 Å². The van der Waals surface area contributed by atoms with Crippen LogP contribution in [0.3, 0.4) is 0 Å². The summed E-state index contributed by atoms with van der Waals surface area (Å²) < 4.78 is 5.64. The molecule has 0 aromatic heterocycles. The van der Waals surface area contributed by atoms with Crippen molar-refractivity contribution in [1.82, 2.24) is 0 Å². The largest absolute Gasteiger partial charge is 0.493 e. The van der Waals surface area contributed by atoms with Gasteiger partial charge in [0.15, 0.2) is 0 Å². The van der Waals surface area contributed by atoms with Crippen molar-refractivity contribution < 1.29 is 14.6 Å². The molecule has 1 aromatic carbocycles. The monoisotopic (exact) mass is 294 g/mol. The van der Waals surface area contributed by atoms with E-state index >= 15 is 0 Å². The minimum Gasteiger partial charge on any atom is -0.493 e. The average molecular weight is 294 g/mol. The molecule has 1 aromatic rings. The second-order valence-corrected chi connectivity index (χ2v) is 5.83. The molecular formula is C16H22O3S. The Kier molecular flexibility index (Phi) is 7.88. The highest BCUT2D eigenvalue weighted by Gasteiger charge is 1.99. The third kappa shape index (κ3) is 7.24. The van der Waals surface area contributed by atoms with Gasteiger partial charge >= 0.3 is 5.97 Å². The number of carboxylic acids is 1. The van der Waals surface area contributed by atoms with Crippen LogP contribution in [-0.4, -0.2) is 29.2 Å². The number of thioether (sulfide) groups is 1. The smallest absolute Gasteiger partial charge is 0.328 e. The fourth-order valence-electron chi connectivity index (χ4n) is 1.46. The Morgan fingerprint density at radius 1 is 1.40 bits per heavy atom. The molecule has 0 aliphatic heterocycles. The molecular weight excluding hydrogens is 272 g/mol. The molecule has 0 saturated heterocycles. The van der Waals surface area contributed by atoms with Gasteiger partial charge in [-0.15, -0.1) is 0 Å². The molecule has 0 radical (unpaired) electrons. The van der Waals surface area contributed by atoms with Crippen LogP contribution in [0.5, 0.6) is 5.75 Å². The number of rotatable bonds is 9. The molecule has 1 unspecified atom stereocenters. The molecule has 0 bridgehead atoms. The summed E-state index contributed by atoms with van der Waals surface area (Å²) in [5.74, 6) is 2.81. The highest BCUT2D eigenvalue weighted by atomic mass is 32.2. The van der Waals surface area contributed by atoms with Crippen molar-refractivity contribution in [3.63, 3.8) is 0 Å². The van der Waals surface area contributed by atoms with E-state index in [1.807, 2.05) is 36.0 Å². The normalized spacial score (nSPS) is 12.5. The van der Waals surface area contributed by atoms with Crippen LogP contribution < -0.4 is 4.74 Å². The molecule has 3 nitrogen and oxygen atoms in total. The molecule has 1 N–H and O–H groups in total. The van der Waals surface area contributed by atoms with Gasteiger partial charge in [0.1, 0.15) is 5.75 Å². The lowest BCUT2D eigenvalue weighted by Crippen LogP contribution is -2.03. The van der Waals surface area contributed by atoms with E-state index in [-0.39, 0.29) is 0 Å². The number of carboxylic acid groups (broad SMARTS) is 1. The van der Waals surface area contributed by atoms with E-state index in [0.29, 0.717) is 6.61 Å². The predicted molar refractivity (Wildman–Crippen MR) is 85.4 cm³/mol. The highest BCUT2D eigenvalue weighted by Crippen LogP contribution is 2.15. The van der Waals surface area contributed by atoms with Crippen molar-refractivity contribution in [2.24, 2.45) is 5.92 Å². The van der Waals surface area contributed by atoms with Crippen LogP contribution in [0.2, 0.25) is 0 Å². The quantitative estimate of drug-likeness (QED) is 0.553. The zero-order valence-electron chi connectivity index (χ0n) is 12.0. The van der Waals surface area contributed by atoms with Gasteiger partial charge in [-0.25, -0.2) is 4.79 Å². The Bertz CT molecular complexity index is 426. The average Bonchev–Trinajstić information content (AvgIpc) is 2.45. The van der Waals surface area contributed by atoms with Crippen LogP contribution >= 0.6 is 11.8 Å². The maximum Gasteiger partial charge on any atom is 0.328 e. The fourth-order valence-corrected chi connectivity index (χ4v) is 2.47. The first-order valence-electron chi connectivity index (χ1n) is 6.83. The third-order valence-corrected chi connectivity index (χ3v) is 4.15. The molecule has 0 amide bonds. The van der Waals surface area contributed by atoms with E-state index in [4.69, 9.17) is 9.84 Å². The zero-order valence-corrected chi connectivity index (χ0v) is 12.9. The number of hydrogen-bond acceptors (Lipinski definition) is 3. The second-order valence-electron chi connectivity index (χ2n) is 4.68. The van der Waals surface area contributed by atoms with Crippen molar-refractivity contribution in [3.8, 4) is 5.75 Å². The summed E-state index contributed by atoms with van der Waals surface area (Å²) in [7, 11) is 0. The van der Waals surface area contributed by atoms with Crippen molar-refractivity contribution in [1.29, 1.82) is 0 Å². The first kappa shape index (κ1) is 16.6. The first-order valence-corrected chi connectivity index (χ1v) is 7.99. The van der Waals surface area contributed by atoms with Gasteiger partial charge in [0.25, 0.3) is 0 Å². The Morgan fingerprint density at radius 3 is 2.70 bits per heavy atom. The molecule has 0 fully saturated rings. The summed E-state index contributed by atoms with van der Waals surface area (Å²) in [6.45, 7) is 5.17. The number of hydrogen-bond donors (Lipinski definition) is 1. The van der Waals surface area contributed by atoms with Crippen LogP contribution in [0.25, 0.3) is 6.08 Å². The number of ether oxygens (including phenoxy) is 1. The molecule has 0 heterocycles. The molecule has 20 heavy (non-hydrogen) atoms. The lowest BCUT2D eigenvalue weighted by atomic mass is 10.2. The van der Waals surface area contributed by atoms with Crippen molar-refractivity contribution in [2.45, 2.75) is 20.3 Å². The standard InChI is InChI=1S/C16H22O3S/c1-3-13(2)12-20-11-10-19-15-7-4-14(5-8-15)6-9-16(17)18/h4-9,13H,3,10-12H2,1-2H3,(H,17,18)/b9-6+. The summed E-state index contributed by atoms with van der Waals surface area (Å²) in [5.41, 5.74) is 0.853. The van der Waals surface area contributed by atoms with Crippen molar-refractivity contribution >= 4 is 23.8 Å². The Labute approximate surface area is 125 Å². The van der Waals surface area contributed by atoms with Crippen LogP contribution in [-0.2, 0) is 4.79 Å². The minimum atomic E-state index is -0.941. The van der Waals surface area contributed by atoms with E-state index in [9.17, 15) is 4.79 Å². The number of aliphatic carboxylic acids is 1. The minimum absolute atomic E-state index is 0.700. The Morgan fingerprint density at radius 2 is 2.10 bits per heavy atom. The molecule has 4 heteroatoms. The SMILES string of the molecule is CCC(C)CSCCOc1ccc(/C=C/C(=O)O)cc1. The van der Waals surface area contributed by atoms with Gasteiger partial charge in [-0.1, -0.05) is 32.4 Å². The second kappa shape index (κ2) is 9.48. The number of benzene rings is 1. The molecule has 0 aliphatic rings. The van der Waals surface area contributed by atoms with E-state index in [0.717, 1.165) is 29.1 Å². The van der Waals surface area contributed by atoms with Gasteiger partial charge in [0.05, 0.1) is 6.61 Å². The first-order chi connectivity index (χ1) is 9.61. The summed E-state index contributed by atoms with van der Waals surface area (Å²) in [5, 5.41) is 8.54. The van der Waals surface area contributed by atoms with Gasteiger partial charge in [0.2, 0.25) is 0 Å². The van der Waals surface area contributed by atoms with E-state index < -0.39 is 5.97 Å². The summed E-state index contributed by atoms with van der Waals surface area (Å²) in [4.78, 5) is 10.4. The molecule has 110 valence electrons. The lowest BCUT2D eigenvalue weighted by Gasteiger charge is -2.09. The summed E-state index contributed by atoms with van der Waals surface area (Å²) in [6, 6.07) is 7.42. The molecule has 1 rings (SSSR count). The van der Waals surface area contributed by atoms with Crippen LogP contribution in [0.4, 0.5) is 0 Å². The molecule has 0 saturated carbocycles. The van der Waals surface area contributed by atoms with E-state index in [2.05, 4.69) is 13.8 Å². The van der Waals surface area contributed by atoms with Gasteiger partial charge < -0.3 is 9.84 Å². The van der Waals surface area contributed by atoms with E-state index in [1.54, 1.807) is 6.08 Å². The predicted octanol–water partition coefficient (Wildman–Crippen LogP) is 3.94. The lowest BCUT2D eigenvalue weighted by molar-refractivity contribution is -0.131. The Hall–Kier alpha value is -1.42. The van der Waals surface area contributed by atoms with Crippen LogP contribution in [0.15, 0.2) is 30.3 Å². The molecule has 1 atom stereocenters. The van der Waals surface area contributed by atoms with Crippen molar-refractivity contribution in [2.75, 3.05) is 18.1 Å². The van der Waals surface area contributed by atoms with E-state index in [1.165, 1.54) is 12.2 Å². The Balaban J connectivity index is 2.26. The maximum absolute atomic E-state index is 10.4. The third-order valence-electron chi connectivity index (χ3n) is 2.89. The van der Waals surface area contributed by atoms with Crippen LogP contribution in [0.1, 0.15) is 25.8 Å². The zero-order chi connectivity index (χ0) is 14.8. The van der Waals surface area contributed by atoms with Gasteiger partial charge in [0, 0.05) is 11.8 Å². The highest BCUT2D eigenvalue weighted by molar-refractivity contribution is 7.99. The topological polar surface area (TPSA) is 46.5 Å². The molecule has 0 spiro atoms. The maximum atomic E-state index is 10.4. The number of carbonyl (C=O) groups is 1. The van der Waals surface area contributed by atoms with Crippen molar-refractivity contribution in [3.05, 3.63) is 35.9 Å². The fraction of sp³-hybridized carbons (Fsp3) is 0.438. The van der Waals surface area contributed by atoms with Gasteiger partial charge in [-0.05, 0) is 35.4 Å².